The molecule has 0 N–H and O–H groups in total. The van der Waals surface area contributed by atoms with Gasteiger partial charge in [0.25, 0.3) is 0 Å². The SMILES string of the molecule is CC(C)c1cccc(OC2CCCC(C)(c3ccc(OCC(C)(C)C)nc3)CC2)n1. The predicted octanol–water partition coefficient (Wildman–Crippen LogP) is 6.69. The Morgan fingerprint density at radius 3 is 2.53 bits per heavy atom. The fourth-order valence-corrected chi connectivity index (χ4v) is 3.98. The molecule has 0 amide bonds. The van der Waals surface area contributed by atoms with E-state index in [9.17, 15) is 0 Å². The summed E-state index contributed by atoms with van der Waals surface area (Å²) in [5.41, 5.74) is 2.64. The Balaban J connectivity index is 1.61. The predicted molar refractivity (Wildman–Crippen MR) is 122 cm³/mol. The molecule has 0 saturated heterocycles. The lowest BCUT2D eigenvalue weighted by Gasteiger charge is -2.28. The summed E-state index contributed by atoms with van der Waals surface area (Å²) in [6, 6.07) is 10.3. The second kappa shape index (κ2) is 9.36. The highest BCUT2D eigenvalue weighted by Gasteiger charge is 2.31. The van der Waals surface area contributed by atoms with Crippen LogP contribution in [0.5, 0.6) is 11.8 Å². The van der Waals surface area contributed by atoms with Crippen molar-refractivity contribution in [2.24, 2.45) is 5.41 Å². The fourth-order valence-electron chi connectivity index (χ4n) is 3.98. The molecule has 2 atom stereocenters. The minimum absolute atomic E-state index is 0.126. The molecule has 2 unspecified atom stereocenters. The van der Waals surface area contributed by atoms with E-state index in [1.54, 1.807) is 0 Å². The third-order valence-electron chi connectivity index (χ3n) is 5.98. The Morgan fingerprint density at radius 2 is 1.87 bits per heavy atom. The van der Waals surface area contributed by atoms with Crippen LogP contribution in [0, 0.1) is 5.41 Å². The van der Waals surface area contributed by atoms with E-state index >= 15 is 0 Å². The topological polar surface area (TPSA) is 44.2 Å². The molecule has 0 radical (unpaired) electrons. The summed E-state index contributed by atoms with van der Waals surface area (Å²) < 4.78 is 12.1. The van der Waals surface area contributed by atoms with Crippen molar-refractivity contribution in [3.63, 3.8) is 0 Å². The molecule has 2 aromatic heterocycles. The zero-order valence-corrected chi connectivity index (χ0v) is 19.6. The quantitative estimate of drug-likeness (QED) is 0.497. The Labute approximate surface area is 182 Å². The van der Waals surface area contributed by atoms with Gasteiger partial charge in [-0.25, -0.2) is 9.97 Å². The third-order valence-corrected chi connectivity index (χ3v) is 5.98. The molecule has 2 aromatic rings. The van der Waals surface area contributed by atoms with Crippen molar-refractivity contribution in [1.29, 1.82) is 0 Å². The first-order valence-electron chi connectivity index (χ1n) is 11.4. The van der Waals surface area contributed by atoms with Crippen LogP contribution in [0.3, 0.4) is 0 Å². The van der Waals surface area contributed by atoms with Gasteiger partial charge in [0, 0.05) is 24.0 Å². The van der Waals surface area contributed by atoms with Crippen LogP contribution < -0.4 is 9.47 Å². The monoisotopic (exact) mass is 410 g/mol. The number of pyridine rings is 2. The van der Waals surface area contributed by atoms with Crippen LogP contribution in [0.15, 0.2) is 36.5 Å². The maximum Gasteiger partial charge on any atom is 0.213 e. The van der Waals surface area contributed by atoms with E-state index in [-0.39, 0.29) is 16.9 Å². The Bertz CT molecular complexity index is 811. The van der Waals surface area contributed by atoms with Crippen LogP contribution in [0.2, 0.25) is 0 Å². The first-order chi connectivity index (χ1) is 14.1. The molecule has 30 heavy (non-hydrogen) atoms. The standard InChI is InChI=1S/C26H38N2O2/c1-19(2)22-10-7-11-24(28-22)30-21-9-8-15-26(6,16-14-21)20-12-13-23(27-17-20)29-18-25(3,4)5/h7,10-13,17,19,21H,8-9,14-16,18H2,1-6H3. The highest BCUT2D eigenvalue weighted by Crippen LogP contribution is 2.39. The number of hydrogen-bond acceptors (Lipinski definition) is 4. The number of aromatic nitrogens is 2. The minimum atomic E-state index is 0.126. The van der Waals surface area contributed by atoms with Gasteiger partial charge in [0.1, 0.15) is 6.10 Å². The molecular formula is C26H38N2O2. The second-order valence-electron chi connectivity index (χ2n) is 10.5. The molecule has 0 spiro atoms. The van der Waals surface area contributed by atoms with Gasteiger partial charge in [-0.1, -0.05) is 53.7 Å². The summed E-state index contributed by atoms with van der Waals surface area (Å²) >= 11 is 0. The normalized spacial score (nSPS) is 22.6. The molecule has 0 aromatic carbocycles. The van der Waals surface area contributed by atoms with Gasteiger partial charge < -0.3 is 9.47 Å². The van der Waals surface area contributed by atoms with E-state index in [1.807, 2.05) is 24.4 Å². The molecule has 0 aliphatic heterocycles. The minimum Gasteiger partial charge on any atom is -0.477 e. The van der Waals surface area contributed by atoms with Crippen LogP contribution in [-0.2, 0) is 5.41 Å². The zero-order valence-electron chi connectivity index (χ0n) is 19.6. The molecule has 1 fully saturated rings. The number of rotatable bonds is 6. The van der Waals surface area contributed by atoms with Crippen molar-refractivity contribution in [3.8, 4) is 11.8 Å². The third kappa shape index (κ3) is 6.20. The maximum absolute atomic E-state index is 6.29. The summed E-state index contributed by atoms with van der Waals surface area (Å²) in [6.07, 6.45) is 7.72. The summed E-state index contributed by atoms with van der Waals surface area (Å²) in [7, 11) is 0. The van der Waals surface area contributed by atoms with E-state index in [1.165, 1.54) is 5.56 Å². The van der Waals surface area contributed by atoms with Gasteiger partial charge in [-0.15, -0.1) is 0 Å². The summed E-state index contributed by atoms with van der Waals surface area (Å²) in [5, 5.41) is 0. The van der Waals surface area contributed by atoms with Gasteiger partial charge in [-0.2, -0.15) is 0 Å². The molecule has 164 valence electrons. The zero-order chi connectivity index (χ0) is 21.8. The van der Waals surface area contributed by atoms with E-state index in [0.717, 1.165) is 43.7 Å². The largest absolute Gasteiger partial charge is 0.477 e. The van der Waals surface area contributed by atoms with Gasteiger partial charge in [-0.05, 0) is 60.5 Å². The van der Waals surface area contributed by atoms with Gasteiger partial charge >= 0.3 is 0 Å². The Morgan fingerprint density at radius 1 is 1.07 bits per heavy atom. The van der Waals surface area contributed by atoms with Crippen LogP contribution in [0.4, 0.5) is 0 Å². The molecular weight excluding hydrogens is 372 g/mol. The molecule has 1 aliphatic carbocycles. The first kappa shape index (κ1) is 22.6. The molecule has 2 heterocycles. The van der Waals surface area contributed by atoms with Crippen molar-refractivity contribution in [1.82, 2.24) is 9.97 Å². The van der Waals surface area contributed by atoms with Gasteiger partial charge in [0.15, 0.2) is 0 Å². The second-order valence-corrected chi connectivity index (χ2v) is 10.5. The van der Waals surface area contributed by atoms with Crippen molar-refractivity contribution in [2.45, 2.75) is 91.1 Å². The van der Waals surface area contributed by atoms with Gasteiger partial charge in [-0.3, -0.25) is 0 Å². The van der Waals surface area contributed by atoms with E-state index in [0.29, 0.717) is 18.4 Å². The van der Waals surface area contributed by atoms with E-state index in [2.05, 4.69) is 63.6 Å². The average Bonchev–Trinajstić information content (AvgIpc) is 2.89. The highest BCUT2D eigenvalue weighted by molar-refractivity contribution is 5.26. The average molecular weight is 411 g/mol. The lowest BCUT2D eigenvalue weighted by atomic mass is 9.77. The molecule has 3 rings (SSSR count). The van der Waals surface area contributed by atoms with Crippen LogP contribution in [0.1, 0.15) is 90.8 Å². The maximum atomic E-state index is 6.29. The van der Waals surface area contributed by atoms with Gasteiger partial charge in [0.05, 0.1) is 6.61 Å². The molecule has 0 bridgehead atoms. The number of nitrogens with zero attached hydrogens (tertiary/aromatic N) is 2. The fraction of sp³-hybridized carbons (Fsp3) is 0.615. The van der Waals surface area contributed by atoms with E-state index < -0.39 is 0 Å². The number of hydrogen-bond donors (Lipinski definition) is 0. The molecule has 1 aliphatic rings. The van der Waals surface area contributed by atoms with E-state index in [4.69, 9.17) is 9.47 Å². The lowest BCUT2D eigenvalue weighted by Crippen LogP contribution is -2.23. The van der Waals surface area contributed by atoms with Crippen LogP contribution in [0.25, 0.3) is 0 Å². The Hall–Kier alpha value is -2.10. The first-order valence-corrected chi connectivity index (χ1v) is 11.4. The number of ether oxygens (including phenoxy) is 2. The van der Waals surface area contributed by atoms with Crippen molar-refractivity contribution in [2.75, 3.05) is 6.61 Å². The van der Waals surface area contributed by atoms with Crippen molar-refractivity contribution in [3.05, 3.63) is 47.8 Å². The van der Waals surface area contributed by atoms with Crippen LogP contribution in [-0.4, -0.2) is 22.7 Å². The molecule has 4 nitrogen and oxygen atoms in total. The summed E-state index contributed by atoms with van der Waals surface area (Å²) in [6.45, 7) is 13.9. The van der Waals surface area contributed by atoms with Gasteiger partial charge in [0.2, 0.25) is 11.8 Å². The highest BCUT2D eigenvalue weighted by atomic mass is 16.5. The summed E-state index contributed by atoms with van der Waals surface area (Å²) in [5.74, 6) is 1.88. The molecule has 1 saturated carbocycles. The van der Waals surface area contributed by atoms with Crippen LogP contribution >= 0.6 is 0 Å². The molecule has 4 heteroatoms. The smallest absolute Gasteiger partial charge is 0.213 e. The van der Waals surface area contributed by atoms with Crippen molar-refractivity contribution < 1.29 is 9.47 Å². The Kier molecular flexibility index (Phi) is 7.05. The van der Waals surface area contributed by atoms with Crippen molar-refractivity contribution >= 4 is 0 Å². The summed E-state index contributed by atoms with van der Waals surface area (Å²) in [4.78, 5) is 9.27. The lowest BCUT2D eigenvalue weighted by molar-refractivity contribution is 0.173.